The molecule has 0 aliphatic carbocycles. The van der Waals surface area contributed by atoms with E-state index >= 15 is 0 Å². The molecule has 3 nitrogen and oxygen atoms in total. The molecule has 18 heavy (non-hydrogen) atoms. The molecule has 2 heterocycles. The number of furan rings is 2. The number of para-hydroxylation sites is 1. The summed E-state index contributed by atoms with van der Waals surface area (Å²) in [6.45, 7) is 0. The molecule has 0 fully saturated rings. The third-order valence-electron chi connectivity index (χ3n) is 2.73. The van der Waals surface area contributed by atoms with Crippen molar-refractivity contribution < 1.29 is 18.3 Å². The molecular formula is C13H8ClFO3. The molecule has 1 atom stereocenters. The Labute approximate surface area is 106 Å². The van der Waals surface area contributed by atoms with Gasteiger partial charge in [-0.15, -0.1) is 0 Å². The Morgan fingerprint density at radius 2 is 2.11 bits per heavy atom. The summed E-state index contributed by atoms with van der Waals surface area (Å²) in [5, 5.41) is 10.8. The van der Waals surface area contributed by atoms with Gasteiger partial charge in [0.05, 0.1) is 6.26 Å². The van der Waals surface area contributed by atoms with Gasteiger partial charge in [-0.05, 0) is 29.8 Å². The fourth-order valence-electron chi connectivity index (χ4n) is 1.83. The average Bonchev–Trinajstić information content (AvgIpc) is 2.95. The highest BCUT2D eigenvalue weighted by atomic mass is 35.5. The lowest BCUT2D eigenvalue weighted by atomic mass is 10.1. The van der Waals surface area contributed by atoms with Gasteiger partial charge in [-0.3, -0.25) is 0 Å². The van der Waals surface area contributed by atoms with Gasteiger partial charge in [0.1, 0.15) is 11.9 Å². The maximum absolute atomic E-state index is 13.5. The van der Waals surface area contributed by atoms with E-state index in [1.165, 1.54) is 18.4 Å². The molecular weight excluding hydrogens is 259 g/mol. The smallest absolute Gasteiger partial charge is 0.199 e. The van der Waals surface area contributed by atoms with E-state index in [1.807, 2.05) is 0 Å². The minimum Gasteiger partial charge on any atom is -0.455 e. The summed E-state index contributed by atoms with van der Waals surface area (Å²) in [6.07, 6.45) is 0.285. The van der Waals surface area contributed by atoms with E-state index in [0.717, 1.165) is 0 Å². The van der Waals surface area contributed by atoms with Gasteiger partial charge in [-0.1, -0.05) is 12.1 Å². The number of aliphatic hydroxyl groups excluding tert-OH is 1. The summed E-state index contributed by atoms with van der Waals surface area (Å²) in [4.78, 5) is 0. The quantitative estimate of drug-likeness (QED) is 0.765. The second-order valence-corrected chi connectivity index (χ2v) is 4.20. The van der Waals surface area contributed by atoms with Crippen molar-refractivity contribution in [3.05, 3.63) is 59.0 Å². The van der Waals surface area contributed by atoms with E-state index in [2.05, 4.69) is 0 Å². The van der Waals surface area contributed by atoms with E-state index in [9.17, 15) is 9.50 Å². The Kier molecular flexibility index (Phi) is 2.61. The molecule has 0 bridgehead atoms. The van der Waals surface area contributed by atoms with Crippen LogP contribution in [0.5, 0.6) is 0 Å². The van der Waals surface area contributed by atoms with Gasteiger partial charge in [-0.2, -0.15) is 0 Å². The van der Waals surface area contributed by atoms with E-state index in [4.69, 9.17) is 20.4 Å². The Hall–Kier alpha value is -1.78. The van der Waals surface area contributed by atoms with Gasteiger partial charge in [0.2, 0.25) is 0 Å². The predicted octanol–water partition coefficient (Wildman–Crippen LogP) is 3.90. The largest absolute Gasteiger partial charge is 0.455 e. The third kappa shape index (κ3) is 1.70. The highest BCUT2D eigenvalue weighted by Crippen LogP contribution is 2.33. The Bertz CT molecular complexity index is 701. The van der Waals surface area contributed by atoms with Gasteiger partial charge in [0.15, 0.2) is 16.6 Å². The van der Waals surface area contributed by atoms with Crippen molar-refractivity contribution in [1.29, 1.82) is 0 Å². The van der Waals surface area contributed by atoms with Crippen molar-refractivity contribution in [2.75, 3.05) is 0 Å². The molecule has 5 heteroatoms. The van der Waals surface area contributed by atoms with Crippen molar-refractivity contribution in [3.8, 4) is 0 Å². The van der Waals surface area contributed by atoms with Crippen LogP contribution in [0.4, 0.5) is 4.39 Å². The molecule has 1 aromatic carbocycles. The van der Waals surface area contributed by atoms with Crippen LogP contribution in [0.3, 0.4) is 0 Å². The summed E-state index contributed by atoms with van der Waals surface area (Å²) < 4.78 is 23.7. The van der Waals surface area contributed by atoms with Gasteiger partial charge in [-0.25, -0.2) is 4.39 Å². The van der Waals surface area contributed by atoms with Crippen LogP contribution in [0.25, 0.3) is 11.0 Å². The van der Waals surface area contributed by atoms with Gasteiger partial charge in [0, 0.05) is 10.9 Å². The van der Waals surface area contributed by atoms with Gasteiger partial charge >= 0.3 is 0 Å². The second kappa shape index (κ2) is 4.15. The molecule has 92 valence electrons. The lowest BCUT2D eigenvalue weighted by Gasteiger charge is -2.04. The van der Waals surface area contributed by atoms with Gasteiger partial charge in [0.25, 0.3) is 0 Å². The molecule has 0 amide bonds. The monoisotopic (exact) mass is 266 g/mol. The Morgan fingerprint density at radius 1 is 1.28 bits per heavy atom. The highest BCUT2D eigenvalue weighted by Gasteiger charge is 2.20. The fourth-order valence-corrected chi connectivity index (χ4v) is 2.05. The minimum atomic E-state index is -1.08. The zero-order chi connectivity index (χ0) is 12.7. The molecule has 3 aromatic rings. The summed E-state index contributed by atoms with van der Waals surface area (Å²) in [5.74, 6) is -0.248. The number of hydrogen-bond acceptors (Lipinski definition) is 3. The SMILES string of the molecule is OC(c1cc2cccc(F)c2o1)c1ccoc1Cl. The number of halogens is 2. The average molecular weight is 267 g/mol. The number of rotatable bonds is 2. The molecule has 0 radical (unpaired) electrons. The summed E-state index contributed by atoms with van der Waals surface area (Å²) in [5.41, 5.74) is 0.502. The first-order chi connectivity index (χ1) is 8.66. The standard InChI is InChI=1S/C13H8ClFO3/c14-13-8(4-5-17-13)11(16)10-6-7-2-1-3-9(15)12(7)18-10/h1-6,11,16H. The lowest BCUT2D eigenvalue weighted by molar-refractivity contribution is 0.191. The lowest BCUT2D eigenvalue weighted by Crippen LogP contribution is -1.96. The van der Waals surface area contributed by atoms with E-state index < -0.39 is 11.9 Å². The maximum atomic E-state index is 13.5. The van der Waals surface area contributed by atoms with Crippen molar-refractivity contribution in [2.24, 2.45) is 0 Å². The maximum Gasteiger partial charge on any atom is 0.199 e. The van der Waals surface area contributed by atoms with Crippen molar-refractivity contribution >= 4 is 22.6 Å². The predicted molar refractivity (Wildman–Crippen MR) is 64.0 cm³/mol. The minimum absolute atomic E-state index is 0.0865. The van der Waals surface area contributed by atoms with Crippen LogP contribution in [0.15, 0.2) is 45.4 Å². The van der Waals surface area contributed by atoms with Crippen LogP contribution in [0.2, 0.25) is 5.22 Å². The Balaban J connectivity index is 2.10. The molecule has 0 saturated carbocycles. The molecule has 0 aliphatic rings. The summed E-state index contributed by atoms with van der Waals surface area (Å²) >= 11 is 5.77. The fraction of sp³-hybridized carbons (Fsp3) is 0.0769. The number of benzene rings is 1. The van der Waals surface area contributed by atoms with Crippen LogP contribution >= 0.6 is 11.6 Å². The third-order valence-corrected chi connectivity index (χ3v) is 3.03. The Morgan fingerprint density at radius 3 is 2.78 bits per heavy atom. The first-order valence-electron chi connectivity index (χ1n) is 5.25. The number of aliphatic hydroxyl groups is 1. The zero-order valence-corrected chi connectivity index (χ0v) is 9.82. The van der Waals surface area contributed by atoms with E-state index in [1.54, 1.807) is 18.2 Å². The highest BCUT2D eigenvalue weighted by molar-refractivity contribution is 6.29. The van der Waals surface area contributed by atoms with Crippen LogP contribution < -0.4 is 0 Å². The molecule has 3 rings (SSSR count). The summed E-state index contributed by atoms with van der Waals surface area (Å²) in [7, 11) is 0. The van der Waals surface area contributed by atoms with Gasteiger partial charge < -0.3 is 13.9 Å². The topological polar surface area (TPSA) is 46.5 Å². The molecule has 2 aromatic heterocycles. The number of fused-ring (bicyclic) bond motifs is 1. The van der Waals surface area contributed by atoms with Crippen molar-refractivity contribution in [3.63, 3.8) is 0 Å². The second-order valence-electron chi connectivity index (χ2n) is 3.86. The van der Waals surface area contributed by atoms with E-state index in [-0.39, 0.29) is 16.6 Å². The zero-order valence-electron chi connectivity index (χ0n) is 9.06. The van der Waals surface area contributed by atoms with Crippen molar-refractivity contribution in [1.82, 2.24) is 0 Å². The van der Waals surface area contributed by atoms with Crippen molar-refractivity contribution in [2.45, 2.75) is 6.10 Å². The first-order valence-corrected chi connectivity index (χ1v) is 5.63. The molecule has 0 aliphatic heterocycles. The normalized spacial score (nSPS) is 13.1. The first kappa shape index (κ1) is 11.3. The van der Waals surface area contributed by atoms with Crippen LogP contribution in [-0.2, 0) is 0 Å². The summed E-state index contributed by atoms with van der Waals surface area (Å²) in [6, 6.07) is 7.69. The molecule has 0 spiro atoms. The molecule has 0 saturated heterocycles. The van der Waals surface area contributed by atoms with Crippen LogP contribution in [-0.4, -0.2) is 5.11 Å². The molecule has 1 N–H and O–H groups in total. The molecule has 1 unspecified atom stereocenters. The van der Waals surface area contributed by atoms with E-state index in [0.29, 0.717) is 10.9 Å². The van der Waals surface area contributed by atoms with Crippen LogP contribution in [0, 0.1) is 5.82 Å². The van der Waals surface area contributed by atoms with Crippen LogP contribution in [0.1, 0.15) is 17.4 Å². The number of hydrogen-bond donors (Lipinski definition) is 1.